The van der Waals surface area contributed by atoms with Gasteiger partial charge >= 0.3 is 0 Å². The van der Waals surface area contributed by atoms with Gasteiger partial charge in [0.05, 0.1) is 26.4 Å². The van der Waals surface area contributed by atoms with Crippen molar-refractivity contribution in [2.75, 3.05) is 52.6 Å². The normalized spacial score (nSPS) is 11.3. The molecule has 2 N–H and O–H groups in total. The summed E-state index contributed by atoms with van der Waals surface area (Å²) < 4.78 is 10.9. The largest absolute Gasteiger partial charge is 0.378 e. The van der Waals surface area contributed by atoms with Crippen molar-refractivity contribution in [3.63, 3.8) is 0 Å². The Hall–Kier alpha value is -0.160. The molecule has 0 unspecified atom stereocenters. The standard InChI is InChI=1S/C14H32N2O2/c1-4-6-15-8-10-17-12-13-18-11-9-16-7-5-14(2)3/h14-16H,4-13H2,1-3H3. The molecule has 0 rings (SSSR count). The summed E-state index contributed by atoms with van der Waals surface area (Å²) in [5.74, 6) is 0.771. The number of hydrogen-bond acceptors (Lipinski definition) is 4. The predicted molar refractivity (Wildman–Crippen MR) is 77.1 cm³/mol. The third-order valence-electron chi connectivity index (χ3n) is 2.54. The van der Waals surface area contributed by atoms with Crippen LogP contribution in [0.1, 0.15) is 33.6 Å². The first kappa shape index (κ1) is 17.8. The molecule has 4 nitrogen and oxygen atoms in total. The van der Waals surface area contributed by atoms with Crippen LogP contribution in [0, 0.1) is 5.92 Å². The van der Waals surface area contributed by atoms with Crippen LogP contribution in [0.25, 0.3) is 0 Å². The second-order valence-corrected chi connectivity index (χ2v) is 4.91. The molecular formula is C14H32N2O2. The Labute approximate surface area is 113 Å². The highest BCUT2D eigenvalue weighted by Gasteiger charge is 1.93. The van der Waals surface area contributed by atoms with Crippen molar-refractivity contribution in [2.45, 2.75) is 33.6 Å². The fourth-order valence-corrected chi connectivity index (χ4v) is 1.43. The Kier molecular flexibility index (Phi) is 14.8. The summed E-state index contributed by atoms with van der Waals surface area (Å²) in [5, 5.41) is 6.66. The van der Waals surface area contributed by atoms with Gasteiger partial charge in [0.25, 0.3) is 0 Å². The molecule has 0 fully saturated rings. The zero-order valence-corrected chi connectivity index (χ0v) is 12.5. The summed E-state index contributed by atoms with van der Waals surface area (Å²) in [7, 11) is 0. The van der Waals surface area contributed by atoms with E-state index >= 15 is 0 Å². The zero-order valence-electron chi connectivity index (χ0n) is 12.5. The van der Waals surface area contributed by atoms with Crippen molar-refractivity contribution in [1.82, 2.24) is 10.6 Å². The molecule has 110 valence electrons. The van der Waals surface area contributed by atoms with Gasteiger partial charge in [-0.3, -0.25) is 0 Å². The van der Waals surface area contributed by atoms with Crippen LogP contribution >= 0.6 is 0 Å². The van der Waals surface area contributed by atoms with Crippen molar-refractivity contribution in [1.29, 1.82) is 0 Å². The van der Waals surface area contributed by atoms with Crippen molar-refractivity contribution in [3.8, 4) is 0 Å². The Bertz CT molecular complexity index is 155. The molecule has 18 heavy (non-hydrogen) atoms. The van der Waals surface area contributed by atoms with Gasteiger partial charge in [0.15, 0.2) is 0 Å². The highest BCUT2D eigenvalue weighted by Crippen LogP contribution is 1.95. The Balaban J connectivity index is 2.90. The minimum Gasteiger partial charge on any atom is -0.378 e. The molecule has 4 heteroatoms. The van der Waals surface area contributed by atoms with Crippen LogP contribution in [0.15, 0.2) is 0 Å². The van der Waals surface area contributed by atoms with Crippen LogP contribution in [-0.4, -0.2) is 52.6 Å². The predicted octanol–water partition coefficient (Wildman–Crippen LogP) is 1.65. The van der Waals surface area contributed by atoms with Gasteiger partial charge in [-0.2, -0.15) is 0 Å². The minimum atomic E-state index is 0.694. The molecule has 0 bridgehead atoms. The maximum atomic E-state index is 5.46. The average molecular weight is 260 g/mol. The SMILES string of the molecule is CCCNCCOCCOCCNCCC(C)C. The first-order chi connectivity index (χ1) is 8.77. The molecule has 0 saturated carbocycles. The van der Waals surface area contributed by atoms with Crippen molar-refractivity contribution in [3.05, 3.63) is 0 Å². The molecule has 0 aliphatic rings. The second-order valence-electron chi connectivity index (χ2n) is 4.91. The van der Waals surface area contributed by atoms with Crippen molar-refractivity contribution in [2.24, 2.45) is 5.92 Å². The van der Waals surface area contributed by atoms with Crippen LogP contribution < -0.4 is 10.6 Å². The van der Waals surface area contributed by atoms with Crippen LogP contribution in [0.5, 0.6) is 0 Å². The van der Waals surface area contributed by atoms with E-state index in [-0.39, 0.29) is 0 Å². The average Bonchev–Trinajstić information content (AvgIpc) is 2.34. The van der Waals surface area contributed by atoms with Gasteiger partial charge in [-0.25, -0.2) is 0 Å². The highest BCUT2D eigenvalue weighted by molar-refractivity contribution is 4.50. The van der Waals surface area contributed by atoms with Crippen LogP contribution in [0.4, 0.5) is 0 Å². The van der Waals surface area contributed by atoms with Gasteiger partial charge in [-0.1, -0.05) is 20.8 Å². The Morgan fingerprint density at radius 1 is 0.778 bits per heavy atom. The fourth-order valence-electron chi connectivity index (χ4n) is 1.43. The Morgan fingerprint density at radius 3 is 1.83 bits per heavy atom. The highest BCUT2D eigenvalue weighted by atomic mass is 16.5. The van der Waals surface area contributed by atoms with E-state index in [1.807, 2.05) is 0 Å². The molecule has 0 aliphatic heterocycles. The molecule has 0 amide bonds. The van der Waals surface area contributed by atoms with E-state index in [4.69, 9.17) is 9.47 Å². The fraction of sp³-hybridized carbons (Fsp3) is 1.00. The summed E-state index contributed by atoms with van der Waals surface area (Å²) in [6.45, 7) is 13.6. The molecule has 0 heterocycles. The lowest BCUT2D eigenvalue weighted by molar-refractivity contribution is 0.0499. The third-order valence-corrected chi connectivity index (χ3v) is 2.54. The number of nitrogens with one attached hydrogen (secondary N) is 2. The number of hydrogen-bond donors (Lipinski definition) is 2. The van der Waals surface area contributed by atoms with E-state index in [0.29, 0.717) is 13.2 Å². The minimum absolute atomic E-state index is 0.694. The van der Waals surface area contributed by atoms with Crippen molar-refractivity contribution >= 4 is 0 Å². The van der Waals surface area contributed by atoms with Crippen LogP contribution in [-0.2, 0) is 9.47 Å². The number of rotatable bonds is 14. The molecule has 0 saturated heterocycles. The van der Waals surface area contributed by atoms with Gasteiger partial charge in [0.2, 0.25) is 0 Å². The molecule has 0 atom stereocenters. The maximum Gasteiger partial charge on any atom is 0.0701 e. The first-order valence-electron chi connectivity index (χ1n) is 7.34. The van der Waals surface area contributed by atoms with Gasteiger partial charge in [0, 0.05) is 13.1 Å². The maximum absolute atomic E-state index is 5.46. The first-order valence-corrected chi connectivity index (χ1v) is 7.34. The summed E-state index contributed by atoms with van der Waals surface area (Å²) in [5.41, 5.74) is 0. The van der Waals surface area contributed by atoms with Gasteiger partial charge < -0.3 is 20.1 Å². The third kappa shape index (κ3) is 15.8. The van der Waals surface area contributed by atoms with Gasteiger partial charge in [-0.15, -0.1) is 0 Å². The lowest BCUT2D eigenvalue weighted by Crippen LogP contribution is -2.23. The number of ether oxygens (including phenoxy) is 2. The van der Waals surface area contributed by atoms with Crippen LogP contribution in [0.3, 0.4) is 0 Å². The molecular weight excluding hydrogens is 228 g/mol. The lowest BCUT2D eigenvalue weighted by Gasteiger charge is -2.08. The molecule has 0 aromatic carbocycles. The van der Waals surface area contributed by atoms with Crippen molar-refractivity contribution < 1.29 is 9.47 Å². The molecule has 0 radical (unpaired) electrons. The quantitative estimate of drug-likeness (QED) is 0.466. The molecule has 0 aromatic heterocycles. The summed E-state index contributed by atoms with van der Waals surface area (Å²) in [4.78, 5) is 0. The Morgan fingerprint density at radius 2 is 1.33 bits per heavy atom. The topological polar surface area (TPSA) is 42.5 Å². The zero-order chi connectivity index (χ0) is 13.5. The monoisotopic (exact) mass is 260 g/mol. The van der Waals surface area contributed by atoms with E-state index in [9.17, 15) is 0 Å². The summed E-state index contributed by atoms with van der Waals surface area (Å²) in [6.07, 6.45) is 2.40. The molecule has 0 spiro atoms. The lowest BCUT2D eigenvalue weighted by atomic mass is 10.1. The molecule has 0 aromatic rings. The van der Waals surface area contributed by atoms with E-state index < -0.39 is 0 Å². The summed E-state index contributed by atoms with van der Waals surface area (Å²) in [6, 6.07) is 0. The summed E-state index contributed by atoms with van der Waals surface area (Å²) >= 11 is 0. The smallest absolute Gasteiger partial charge is 0.0701 e. The van der Waals surface area contributed by atoms with E-state index in [1.54, 1.807) is 0 Å². The van der Waals surface area contributed by atoms with Gasteiger partial charge in [-0.05, 0) is 31.8 Å². The second kappa shape index (κ2) is 14.9. The van der Waals surface area contributed by atoms with E-state index in [1.165, 1.54) is 12.8 Å². The van der Waals surface area contributed by atoms with Crippen LogP contribution in [0.2, 0.25) is 0 Å². The van der Waals surface area contributed by atoms with Gasteiger partial charge in [0.1, 0.15) is 0 Å². The van der Waals surface area contributed by atoms with E-state index in [0.717, 1.165) is 45.3 Å². The van der Waals surface area contributed by atoms with E-state index in [2.05, 4.69) is 31.4 Å². The molecule has 0 aliphatic carbocycles.